The maximum absolute atomic E-state index is 12.9. The number of carbonyl (C=O) groups is 1. The number of piperidine rings is 1. The number of carbonyl (C=O) groups excluding carboxylic acids is 1. The predicted molar refractivity (Wildman–Crippen MR) is 82.8 cm³/mol. The Morgan fingerprint density at radius 1 is 1.26 bits per heavy atom. The lowest BCUT2D eigenvalue weighted by Crippen LogP contribution is -2.28. The number of anilines is 1. The fraction of sp³-hybridized carbons (Fsp3) is 0.562. The van der Waals surface area contributed by atoms with Crippen LogP contribution >= 0.6 is 0 Å². The quantitative estimate of drug-likeness (QED) is 0.778. The summed E-state index contributed by atoms with van der Waals surface area (Å²) in [5.74, 6) is 0.244. The molecule has 0 unspecified atom stereocenters. The Morgan fingerprint density at radius 3 is 2.57 bits per heavy atom. The molecule has 0 atom stereocenters. The third-order valence-electron chi connectivity index (χ3n) is 4.08. The van der Waals surface area contributed by atoms with Crippen molar-refractivity contribution in [3.63, 3.8) is 0 Å². The molecule has 0 aliphatic carbocycles. The molecular formula is C16H22F3N3O. The zero-order chi connectivity index (χ0) is 16.9. The number of halogens is 3. The third-order valence-corrected chi connectivity index (χ3v) is 4.08. The largest absolute Gasteiger partial charge is 0.416 e. The van der Waals surface area contributed by atoms with Crippen LogP contribution in [0.25, 0.3) is 0 Å². The van der Waals surface area contributed by atoms with Gasteiger partial charge in [0.2, 0.25) is 5.91 Å². The van der Waals surface area contributed by atoms with E-state index in [9.17, 15) is 18.0 Å². The van der Waals surface area contributed by atoms with Gasteiger partial charge in [0.15, 0.2) is 0 Å². The maximum atomic E-state index is 12.9. The number of amides is 1. The first-order valence-corrected chi connectivity index (χ1v) is 7.80. The van der Waals surface area contributed by atoms with E-state index >= 15 is 0 Å². The minimum absolute atomic E-state index is 0.0120. The summed E-state index contributed by atoms with van der Waals surface area (Å²) in [7, 11) is 0. The van der Waals surface area contributed by atoms with E-state index in [1.54, 1.807) is 0 Å². The van der Waals surface area contributed by atoms with Crippen molar-refractivity contribution < 1.29 is 18.0 Å². The van der Waals surface area contributed by atoms with Crippen molar-refractivity contribution in [3.8, 4) is 0 Å². The molecule has 0 spiro atoms. The summed E-state index contributed by atoms with van der Waals surface area (Å²) in [6.45, 7) is 1.90. The molecule has 23 heavy (non-hydrogen) atoms. The number of nitrogens with one attached hydrogen (secondary N) is 2. The van der Waals surface area contributed by atoms with Crippen LogP contribution in [0, 0.1) is 5.92 Å². The van der Waals surface area contributed by atoms with Crippen LogP contribution in [0.1, 0.15) is 36.8 Å². The van der Waals surface area contributed by atoms with Gasteiger partial charge in [-0.3, -0.25) is 4.79 Å². The molecule has 1 fully saturated rings. The molecular weight excluding hydrogens is 307 g/mol. The fourth-order valence-electron chi connectivity index (χ4n) is 2.77. The second kappa shape index (κ2) is 7.79. The SMILES string of the molecule is NCc1cc(NC(=O)CCC2CCNCC2)cc(C(F)(F)F)c1. The summed E-state index contributed by atoms with van der Waals surface area (Å²) in [6.07, 6.45) is -1.31. The first kappa shape index (κ1) is 17.7. The van der Waals surface area contributed by atoms with E-state index in [-0.39, 0.29) is 18.1 Å². The third kappa shape index (κ3) is 5.51. The summed E-state index contributed by atoms with van der Waals surface area (Å²) < 4.78 is 38.6. The van der Waals surface area contributed by atoms with E-state index in [0.717, 1.165) is 44.5 Å². The summed E-state index contributed by atoms with van der Waals surface area (Å²) in [5, 5.41) is 5.81. The van der Waals surface area contributed by atoms with E-state index in [4.69, 9.17) is 5.73 Å². The highest BCUT2D eigenvalue weighted by Crippen LogP contribution is 2.32. The Balaban J connectivity index is 1.96. The standard InChI is InChI=1S/C16H22F3N3O/c17-16(18,19)13-7-12(10-20)8-14(9-13)22-15(23)2-1-11-3-5-21-6-4-11/h7-9,11,21H,1-6,10,20H2,(H,22,23). The van der Waals surface area contributed by atoms with Crippen LogP contribution in [0.4, 0.5) is 18.9 Å². The van der Waals surface area contributed by atoms with Gasteiger partial charge in [0.1, 0.15) is 0 Å². The van der Waals surface area contributed by atoms with Gasteiger partial charge in [-0.15, -0.1) is 0 Å². The number of hydrogen-bond acceptors (Lipinski definition) is 3. The van der Waals surface area contributed by atoms with Gasteiger partial charge in [-0.1, -0.05) is 0 Å². The van der Waals surface area contributed by atoms with Crippen LogP contribution in [0.3, 0.4) is 0 Å². The highest BCUT2D eigenvalue weighted by atomic mass is 19.4. The number of benzene rings is 1. The molecule has 1 aromatic carbocycles. The van der Waals surface area contributed by atoms with Gasteiger partial charge < -0.3 is 16.4 Å². The molecule has 2 rings (SSSR count). The molecule has 4 N–H and O–H groups in total. The molecule has 0 bridgehead atoms. The Morgan fingerprint density at radius 2 is 1.96 bits per heavy atom. The van der Waals surface area contributed by atoms with Crippen molar-refractivity contribution in [1.82, 2.24) is 5.32 Å². The number of alkyl halides is 3. The number of rotatable bonds is 5. The van der Waals surface area contributed by atoms with E-state index < -0.39 is 11.7 Å². The minimum Gasteiger partial charge on any atom is -0.326 e. The molecule has 1 aliphatic rings. The smallest absolute Gasteiger partial charge is 0.326 e. The molecule has 1 aliphatic heterocycles. The monoisotopic (exact) mass is 329 g/mol. The lowest BCUT2D eigenvalue weighted by Gasteiger charge is -2.22. The highest BCUT2D eigenvalue weighted by molar-refractivity contribution is 5.90. The molecule has 7 heteroatoms. The van der Waals surface area contributed by atoms with Crippen LogP contribution in [0.15, 0.2) is 18.2 Å². The van der Waals surface area contributed by atoms with Gasteiger partial charge >= 0.3 is 6.18 Å². The second-order valence-electron chi connectivity index (χ2n) is 5.90. The Hall–Kier alpha value is -1.60. The predicted octanol–water partition coefficient (Wildman–Crippen LogP) is 2.88. The van der Waals surface area contributed by atoms with Gasteiger partial charge in [-0.05, 0) is 62.0 Å². The normalized spacial score (nSPS) is 16.3. The lowest BCUT2D eigenvalue weighted by molar-refractivity contribution is -0.137. The molecule has 1 amide bonds. The van der Waals surface area contributed by atoms with E-state index in [0.29, 0.717) is 17.9 Å². The van der Waals surface area contributed by atoms with Gasteiger partial charge in [0, 0.05) is 18.7 Å². The van der Waals surface area contributed by atoms with Crippen LogP contribution in [-0.2, 0) is 17.5 Å². The fourth-order valence-corrected chi connectivity index (χ4v) is 2.77. The van der Waals surface area contributed by atoms with Gasteiger partial charge in [0.05, 0.1) is 5.56 Å². The first-order chi connectivity index (χ1) is 10.9. The summed E-state index contributed by atoms with van der Waals surface area (Å²) >= 11 is 0. The Kier molecular flexibility index (Phi) is 6.01. The molecule has 1 saturated heterocycles. The zero-order valence-electron chi connectivity index (χ0n) is 12.9. The average molecular weight is 329 g/mol. The van der Waals surface area contributed by atoms with Crippen LogP contribution in [0.2, 0.25) is 0 Å². The topological polar surface area (TPSA) is 67.1 Å². The number of hydrogen-bond donors (Lipinski definition) is 3. The molecule has 1 aromatic rings. The highest BCUT2D eigenvalue weighted by Gasteiger charge is 2.31. The molecule has 0 saturated carbocycles. The summed E-state index contributed by atoms with van der Waals surface area (Å²) in [5.41, 5.74) is 5.12. The Bertz CT molecular complexity index is 540. The van der Waals surface area contributed by atoms with Crippen LogP contribution in [0.5, 0.6) is 0 Å². The van der Waals surface area contributed by atoms with Crippen molar-refractivity contribution in [1.29, 1.82) is 0 Å². The second-order valence-corrected chi connectivity index (χ2v) is 5.90. The van der Waals surface area contributed by atoms with Crippen LogP contribution < -0.4 is 16.4 Å². The molecule has 4 nitrogen and oxygen atoms in total. The van der Waals surface area contributed by atoms with Crippen molar-refractivity contribution in [2.75, 3.05) is 18.4 Å². The van der Waals surface area contributed by atoms with E-state index in [1.807, 2.05) is 0 Å². The maximum Gasteiger partial charge on any atom is 0.416 e. The lowest BCUT2D eigenvalue weighted by atomic mass is 9.93. The van der Waals surface area contributed by atoms with Crippen molar-refractivity contribution in [2.45, 2.75) is 38.4 Å². The molecule has 0 aromatic heterocycles. The average Bonchev–Trinajstić information content (AvgIpc) is 2.52. The zero-order valence-corrected chi connectivity index (χ0v) is 12.9. The Labute approximate surface area is 133 Å². The molecule has 128 valence electrons. The van der Waals surface area contributed by atoms with Crippen LogP contribution in [-0.4, -0.2) is 19.0 Å². The van der Waals surface area contributed by atoms with Crippen molar-refractivity contribution in [3.05, 3.63) is 29.3 Å². The summed E-state index contributed by atoms with van der Waals surface area (Å²) in [4.78, 5) is 12.0. The van der Waals surface area contributed by atoms with E-state index in [2.05, 4.69) is 10.6 Å². The molecule has 0 radical (unpaired) electrons. The van der Waals surface area contributed by atoms with Gasteiger partial charge in [0.25, 0.3) is 0 Å². The van der Waals surface area contributed by atoms with Gasteiger partial charge in [-0.2, -0.15) is 13.2 Å². The van der Waals surface area contributed by atoms with Crippen molar-refractivity contribution >= 4 is 11.6 Å². The minimum atomic E-state index is -4.46. The van der Waals surface area contributed by atoms with Gasteiger partial charge in [-0.25, -0.2) is 0 Å². The van der Waals surface area contributed by atoms with Crippen molar-refractivity contribution in [2.24, 2.45) is 11.7 Å². The van der Waals surface area contributed by atoms with E-state index in [1.165, 1.54) is 6.07 Å². The first-order valence-electron chi connectivity index (χ1n) is 7.80. The summed E-state index contributed by atoms with van der Waals surface area (Å²) in [6, 6.07) is 3.43. The molecule has 1 heterocycles. The number of nitrogens with two attached hydrogens (primary N) is 1.